The lowest BCUT2D eigenvalue weighted by atomic mass is 10.1. The molecule has 1 amide bonds. The van der Waals surface area contributed by atoms with E-state index in [1.54, 1.807) is 18.9 Å². The first-order valence-corrected chi connectivity index (χ1v) is 8.24. The Kier molecular flexibility index (Phi) is 6.27. The number of methoxy groups -OCH3 is 1. The fraction of sp³-hybridized carbons (Fsp3) is 0.500. The Balaban J connectivity index is 1.91. The van der Waals surface area contributed by atoms with Gasteiger partial charge in [0.25, 0.3) is 0 Å². The molecule has 1 heterocycles. The fourth-order valence-corrected chi connectivity index (χ4v) is 3.04. The summed E-state index contributed by atoms with van der Waals surface area (Å²) in [7, 11) is 1.63. The minimum absolute atomic E-state index is 0.100. The van der Waals surface area contributed by atoms with Crippen molar-refractivity contribution in [3.63, 3.8) is 0 Å². The third-order valence-corrected chi connectivity index (χ3v) is 4.48. The van der Waals surface area contributed by atoms with Crippen LogP contribution in [0.3, 0.4) is 0 Å². The summed E-state index contributed by atoms with van der Waals surface area (Å²) in [5.74, 6) is 1.81. The highest BCUT2D eigenvalue weighted by Crippen LogP contribution is 2.28. The molecule has 1 fully saturated rings. The monoisotopic (exact) mass is 323 g/mol. The molecule has 0 aliphatic carbocycles. The molecule has 0 saturated carbocycles. The first kappa shape index (κ1) is 16.8. The second-order valence-corrected chi connectivity index (χ2v) is 6.41. The molecule has 0 spiro atoms. The average molecular weight is 323 g/mol. The van der Waals surface area contributed by atoms with Gasteiger partial charge in [0, 0.05) is 38.4 Å². The number of rotatable bonds is 7. The van der Waals surface area contributed by atoms with Gasteiger partial charge >= 0.3 is 0 Å². The third kappa shape index (κ3) is 4.74. The van der Waals surface area contributed by atoms with E-state index in [9.17, 15) is 9.59 Å². The van der Waals surface area contributed by atoms with Crippen molar-refractivity contribution in [2.24, 2.45) is 5.92 Å². The zero-order chi connectivity index (χ0) is 15.9. The van der Waals surface area contributed by atoms with Crippen LogP contribution in [0.2, 0.25) is 0 Å². The van der Waals surface area contributed by atoms with Crippen LogP contribution in [0.25, 0.3) is 0 Å². The minimum Gasteiger partial charge on any atom is -0.491 e. The van der Waals surface area contributed by atoms with Crippen LogP contribution < -0.4 is 9.64 Å². The maximum atomic E-state index is 12.1. The van der Waals surface area contributed by atoms with Crippen molar-refractivity contribution >= 4 is 28.5 Å². The van der Waals surface area contributed by atoms with Gasteiger partial charge in [0.1, 0.15) is 12.4 Å². The summed E-state index contributed by atoms with van der Waals surface area (Å²) in [6.07, 6.45) is 0.506. The van der Waals surface area contributed by atoms with Crippen LogP contribution in [0.4, 0.5) is 5.69 Å². The summed E-state index contributed by atoms with van der Waals surface area (Å²) in [6.45, 7) is 3.27. The van der Waals surface area contributed by atoms with Crippen molar-refractivity contribution in [3.8, 4) is 5.75 Å². The number of carbonyl (C=O) groups is 2. The zero-order valence-corrected chi connectivity index (χ0v) is 13.7. The number of nitrogens with zero attached hydrogens (tertiary/aromatic N) is 1. The molecule has 1 aromatic rings. The molecule has 1 saturated heterocycles. The maximum Gasteiger partial charge on any atom is 0.227 e. The number of amides is 1. The SMILES string of the molecule is COCCOc1ccc(N2CC(CSC(C)=O)CC2=O)cc1. The summed E-state index contributed by atoms with van der Waals surface area (Å²) < 4.78 is 10.4. The van der Waals surface area contributed by atoms with Crippen molar-refractivity contribution in [1.82, 2.24) is 0 Å². The summed E-state index contributed by atoms with van der Waals surface area (Å²) in [5.41, 5.74) is 0.874. The first-order valence-electron chi connectivity index (χ1n) is 7.25. The zero-order valence-electron chi connectivity index (χ0n) is 12.9. The van der Waals surface area contributed by atoms with Gasteiger partial charge in [-0.3, -0.25) is 9.59 Å². The Hall–Kier alpha value is -1.53. The lowest BCUT2D eigenvalue weighted by Crippen LogP contribution is -2.24. The Labute approximate surface area is 135 Å². The number of thioether (sulfide) groups is 1. The second-order valence-electron chi connectivity index (χ2n) is 5.21. The smallest absolute Gasteiger partial charge is 0.227 e. The van der Waals surface area contributed by atoms with Crippen molar-refractivity contribution in [2.75, 3.05) is 37.5 Å². The van der Waals surface area contributed by atoms with Crippen LogP contribution in [0.15, 0.2) is 24.3 Å². The molecule has 1 aliphatic rings. The van der Waals surface area contributed by atoms with Crippen LogP contribution in [0.5, 0.6) is 5.75 Å². The van der Waals surface area contributed by atoms with Gasteiger partial charge in [0.15, 0.2) is 5.12 Å². The lowest BCUT2D eigenvalue weighted by Gasteiger charge is -2.17. The number of benzene rings is 1. The largest absolute Gasteiger partial charge is 0.491 e. The molecule has 0 radical (unpaired) electrons. The molecule has 1 aliphatic heterocycles. The number of hydrogen-bond acceptors (Lipinski definition) is 5. The van der Waals surface area contributed by atoms with Crippen molar-refractivity contribution < 1.29 is 19.1 Å². The molecule has 22 heavy (non-hydrogen) atoms. The van der Waals surface area contributed by atoms with E-state index in [2.05, 4.69) is 0 Å². The average Bonchev–Trinajstić information content (AvgIpc) is 2.87. The molecule has 5 nitrogen and oxygen atoms in total. The fourth-order valence-electron chi connectivity index (χ4n) is 2.34. The molecule has 1 aromatic carbocycles. The lowest BCUT2D eigenvalue weighted by molar-refractivity contribution is -0.117. The van der Waals surface area contributed by atoms with Gasteiger partial charge < -0.3 is 14.4 Å². The van der Waals surface area contributed by atoms with Gasteiger partial charge in [-0.1, -0.05) is 11.8 Å². The van der Waals surface area contributed by atoms with Gasteiger partial charge in [-0.15, -0.1) is 0 Å². The predicted octanol–water partition coefficient (Wildman–Crippen LogP) is 2.34. The van der Waals surface area contributed by atoms with Crippen LogP contribution >= 0.6 is 11.8 Å². The highest BCUT2D eigenvalue weighted by atomic mass is 32.2. The number of hydrogen-bond donors (Lipinski definition) is 0. The Morgan fingerprint density at radius 2 is 2.05 bits per heavy atom. The molecular formula is C16H21NO4S. The van der Waals surface area contributed by atoms with Crippen molar-refractivity contribution in [3.05, 3.63) is 24.3 Å². The summed E-state index contributed by atoms with van der Waals surface area (Å²) in [6, 6.07) is 7.49. The Bertz CT molecular complexity index is 517. The number of carbonyl (C=O) groups excluding carboxylic acids is 2. The van der Waals surface area contributed by atoms with Gasteiger partial charge in [-0.2, -0.15) is 0 Å². The van der Waals surface area contributed by atoms with E-state index < -0.39 is 0 Å². The quantitative estimate of drug-likeness (QED) is 0.721. The summed E-state index contributed by atoms with van der Waals surface area (Å²) in [4.78, 5) is 24.9. The number of anilines is 1. The Morgan fingerprint density at radius 1 is 1.32 bits per heavy atom. The van der Waals surface area contributed by atoms with Gasteiger partial charge in [0.05, 0.1) is 6.61 Å². The van der Waals surface area contributed by atoms with E-state index in [-0.39, 0.29) is 16.9 Å². The van der Waals surface area contributed by atoms with Crippen LogP contribution in [0, 0.1) is 5.92 Å². The molecule has 1 unspecified atom stereocenters. The molecular weight excluding hydrogens is 302 g/mol. The van der Waals surface area contributed by atoms with E-state index in [1.165, 1.54) is 11.8 Å². The standard InChI is InChI=1S/C16H21NO4S/c1-12(18)22-11-13-9-16(19)17(10-13)14-3-5-15(6-4-14)21-8-7-20-2/h3-6,13H,7-11H2,1-2H3. The van der Waals surface area contributed by atoms with Crippen molar-refractivity contribution in [1.29, 1.82) is 0 Å². The topological polar surface area (TPSA) is 55.8 Å². The van der Waals surface area contributed by atoms with Crippen LogP contribution in [-0.4, -0.2) is 43.6 Å². The highest BCUT2D eigenvalue weighted by Gasteiger charge is 2.30. The van der Waals surface area contributed by atoms with E-state index in [0.717, 1.165) is 11.4 Å². The van der Waals surface area contributed by atoms with Crippen LogP contribution in [-0.2, 0) is 14.3 Å². The van der Waals surface area contributed by atoms with Crippen LogP contribution in [0.1, 0.15) is 13.3 Å². The number of ether oxygens (including phenoxy) is 2. The van der Waals surface area contributed by atoms with Gasteiger partial charge in [-0.25, -0.2) is 0 Å². The Morgan fingerprint density at radius 3 is 2.68 bits per heavy atom. The minimum atomic E-state index is 0.100. The third-order valence-electron chi connectivity index (χ3n) is 3.43. The van der Waals surface area contributed by atoms with Crippen molar-refractivity contribution in [2.45, 2.75) is 13.3 Å². The van der Waals surface area contributed by atoms with E-state index >= 15 is 0 Å². The van der Waals surface area contributed by atoms with E-state index in [1.807, 2.05) is 24.3 Å². The summed E-state index contributed by atoms with van der Waals surface area (Å²) >= 11 is 1.29. The molecule has 0 aromatic heterocycles. The predicted molar refractivity (Wildman–Crippen MR) is 87.4 cm³/mol. The first-order chi connectivity index (χ1) is 10.6. The molecule has 1 atom stereocenters. The second kappa shape index (κ2) is 8.19. The molecule has 0 bridgehead atoms. The summed E-state index contributed by atoms with van der Waals surface area (Å²) in [5, 5.41) is 0.100. The molecule has 2 rings (SSSR count). The maximum absolute atomic E-state index is 12.1. The molecule has 0 N–H and O–H groups in total. The van der Waals surface area contributed by atoms with E-state index in [4.69, 9.17) is 9.47 Å². The van der Waals surface area contributed by atoms with Gasteiger partial charge in [0.2, 0.25) is 5.91 Å². The van der Waals surface area contributed by atoms with Gasteiger partial charge in [-0.05, 0) is 30.2 Å². The highest BCUT2D eigenvalue weighted by molar-refractivity contribution is 8.13. The van der Waals surface area contributed by atoms with E-state index in [0.29, 0.717) is 31.9 Å². The normalized spacial score (nSPS) is 17.8. The molecule has 120 valence electrons. The molecule has 6 heteroatoms.